The number of aromatic amines is 1. The van der Waals surface area contributed by atoms with E-state index in [0.717, 1.165) is 27.6 Å². The van der Waals surface area contributed by atoms with Crippen molar-refractivity contribution in [3.8, 4) is 0 Å². The summed E-state index contributed by atoms with van der Waals surface area (Å²) < 4.78 is 0. The van der Waals surface area contributed by atoms with Crippen LogP contribution in [0.5, 0.6) is 0 Å². The third kappa shape index (κ3) is 3.29. The quantitative estimate of drug-likeness (QED) is 0.462. The average Bonchev–Trinajstić information content (AvgIpc) is 3.28. The Morgan fingerprint density at radius 3 is 2.69 bits per heavy atom. The lowest BCUT2D eigenvalue weighted by atomic mass is 9.81. The van der Waals surface area contributed by atoms with Crippen molar-refractivity contribution in [2.45, 2.75) is 38.1 Å². The van der Waals surface area contributed by atoms with Crippen molar-refractivity contribution in [1.29, 1.82) is 0 Å². The van der Waals surface area contributed by atoms with Gasteiger partial charge in [-0.25, -0.2) is 5.48 Å². The average molecular weight is 391 g/mol. The lowest BCUT2D eigenvalue weighted by molar-refractivity contribution is -0.143. The van der Waals surface area contributed by atoms with E-state index in [4.69, 9.17) is 0 Å². The fraction of sp³-hybridized carbons (Fsp3) is 0.304. The lowest BCUT2D eigenvalue weighted by Crippen LogP contribution is -2.50. The number of rotatable bonds is 5. The number of para-hydroxylation sites is 1. The molecule has 3 aromatic rings. The molecule has 0 bridgehead atoms. The summed E-state index contributed by atoms with van der Waals surface area (Å²) in [6, 6.07) is 15.0. The Kier molecular flexibility index (Phi) is 4.88. The van der Waals surface area contributed by atoms with E-state index in [1.165, 1.54) is 0 Å². The van der Waals surface area contributed by atoms with Crippen LogP contribution in [0.4, 0.5) is 0 Å². The van der Waals surface area contributed by atoms with Gasteiger partial charge in [0.1, 0.15) is 6.04 Å². The van der Waals surface area contributed by atoms with Gasteiger partial charge in [0.25, 0.3) is 5.91 Å². The number of carbonyl (C=O) groups is 2. The van der Waals surface area contributed by atoms with Crippen LogP contribution < -0.4 is 5.48 Å². The topological polar surface area (TPSA) is 85.4 Å². The molecular weight excluding hydrogens is 366 g/mol. The summed E-state index contributed by atoms with van der Waals surface area (Å²) in [5, 5.41) is 10.3. The Bertz CT molecular complexity index is 1060. The first-order valence-electron chi connectivity index (χ1n) is 9.81. The van der Waals surface area contributed by atoms with Crippen LogP contribution in [0.25, 0.3) is 10.9 Å². The molecule has 1 saturated heterocycles. The number of nitrogens with one attached hydrogen (secondary N) is 2. The predicted octanol–water partition coefficient (Wildman–Crippen LogP) is 3.08. The molecule has 2 amide bonds. The maximum Gasteiger partial charge on any atom is 0.266 e. The van der Waals surface area contributed by atoms with Gasteiger partial charge in [0.2, 0.25) is 5.91 Å². The molecule has 1 aromatic heterocycles. The van der Waals surface area contributed by atoms with Gasteiger partial charge in [0, 0.05) is 30.1 Å². The van der Waals surface area contributed by atoms with Gasteiger partial charge < -0.3 is 9.88 Å². The highest BCUT2D eigenvalue weighted by Crippen LogP contribution is 2.37. The van der Waals surface area contributed by atoms with E-state index in [0.29, 0.717) is 19.4 Å². The molecule has 1 aliphatic rings. The van der Waals surface area contributed by atoms with Gasteiger partial charge in [-0.15, -0.1) is 0 Å². The van der Waals surface area contributed by atoms with Crippen LogP contribution in [0, 0.1) is 6.92 Å². The van der Waals surface area contributed by atoms with Crippen LogP contribution in [-0.2, 0) is 21.4 Å². The minimum atomic E-state index is -0.779. The second kappa shape index (κ2) is 7.37. The van der Waals surface area contributed by atoms with Crippen molar-refractivity contribution in [2.24, 2.45) is 0 Å². The van der Waals surface area contributed by atoms with Gasteiger partial charge in [-0.05, 0) is 37.5 Å². The third-order valence-electron chi connectivity index (χ3n) is 6.15. The third-order valence-corrected chi connectivity index (χ3v) is 6.15. The van der Waals surface area contributed by atoms with Gasteiger partial charge >= 0.3 is 0 Å². The molecule has 29 heavy (non-hydrogen) atoms. The SMILES string of the molecule is Cc1ccc(C2(C)CCN([C@H](Cc3c[nH]c4ccccc34)C(=O)NO)C2=O)cc1. The van der Waals surface area contributed by atoms with Crippen molar-refractivity contribution in [2.75, 3.05) is 6.54 Å². The maximum atomic E-state index is 13.4. The van der Waals surface area contributed by atoms with Crippen LogP contribution >= 0.6 is 0 Å². The molecule has 0 radical (unpaired) electrons. The number of hydrogen-bond acceptors (Lipinski definition) is 3. The van der Waals surface area contributed by atoms with Crippen LogP contribution in [0.2, 0.25) is 0 Å². The molecule has 2 atom stereocenters. The first kappa shape index (κ1) is 19.2. The number of likely N-dealkylation sites (tertiary alicyclic amines) is 1. The van der Waals surface area contributed by atoms with E-state index in [2.05, 4.69) is 4.98 Å². The molecule has 6 heteroatoms. The summed E-state index contributed by atoms with van der Waals surface area (Å²) >= 11 is 0. The van der Waals surface area contributed by atoms with Crippen molar-refractivity contribution >= 4 is 22.7 Å². The van der Waals surface area contributed by atoms with Gasteiger partial charge in [0.05, 0.1) is 5.41 Å². The number of hydrogen-bond donors (Lipinski definition) is 3. The fourth-order valence-electron chi connectivity index (χ4n) is 4.28. The molecule has 2 heterocycles. The van der Waals surface area contributed by atoms with E-state index in [1.807, 2.05) is 68.6 Å². The summed E-state index contributed by atoms with van der Waals surface area (Å²) in [7, 11) is 0. The summed E-state index contributed by atoms with van der Waals surface area (Å²) in [5.41, 5.74) is 5.07. The number of hydroxylamine groups is 1. The van der Waals surface area contributed by atoms with Crippen molar-refractivity contribution in [3.05, 3.63) is 71.4 Å². The van der Waals surface area contributed by atoms with E-state index in [9.17, 15) is 14.8 Å². The number of H-pyrrole nitrogens is 1. The van der Waals surface area contributed by atoms with Crippen molar-refractivity contribution < 1.29 is 14.8 Å². The van der Waals surface area contributed by atoms with Gasteiger partial charge in [0.15, 0.2) is 0 Å². The van der Waals surface area contributed by atoms with Crippen molar-refractivity contribution in [3.63, 3.8) is 0 Å². The molecule has 6 nitrogen and oxygen atoms in total. The molecule has 150 valence electrons. The van der Waals surface area contributed by atoms with E-state index in [-0.39, 0.29) is 5.91 Å². The minimum absolute atomic E-state index is 0.0882. The Balaban J connectivity index is 1.65. The highest BCUT2D eigenvalue weighted by atomic mass is 16.5. The molecule has 0 saturated carbocycles. The van der Waals surface area contributed by atoms with Gasteiger partial charge in [-0.2, -0.15) is 0 Å². The molecule has 0 aliphatic carbocycles. The summed E-state index contributed by atoms with van der Waals surface area (Å²) in [6.07, 6.45) is 2.81. The zero-order chi connectivity index (χ0) is 20.6. The van der Waals surface area contributed by atoms with E-state index < -0.39 is 17.4 Å². The van der Waals surface area contributed by atoms with Crippen LogP contribution in [0.1, 0.15) is 30.0 Å². The smallest absolute Gasteiger partial charge is 0.266 e. The Morgan fingerprint density at radius 1 is 1.24 bits per heavy atom. The first-order valence-corrected chi connectivity index (χ1v) is 9.81. The predicted molar refractivity (Wildman–Crippen MR) is 111 cm³/mol. The van der Waals surface area contributed by atoms with Crippen molar-refractivity contribution in [1.82, 2.24) is 15.4 Å². The lowest BCUT2D eigenvalue weighted by Gasteiger charge is -2.29. The maximum absolute atomic E-state index is 13.4. The monoisotopic (exact) mass is 391 g/mol. The minimum Gasteiger partial charge on any atom is -0.361 e. The molecule has 3 N–H and O–H groups in total. The molecular formula is C23H25N3O3. The largest absolute Gasteiger partial charge is 0.361 e. The standard InChI is InChI=1S/C23H25N3O3/c1-15-7-9-17(10-8-15)23(2)11-12-26(22(23)28)20(21(27)25-29)13-16-14-24-19-6-4-3-5-18(16)19/h3-10,14,20,24,29H,11-13H2,1-2H3,(H,25,27)/t20-,23?/m1/s1. The number of nitrogens with zero attached hydrogens (tertiary/aromatic N) is 1. The number of amides is 2. The normalized spacial score (nSPS) is 20.2. The second-order valence-electron chi connectivity index (χ2n) is 8.00. The Labute approximate surface area is 169 Å². The van der Waals surface area contributed by atoms with E-state index in [1.54, 1.807) is 10.4 Å². The zero-order valence-electron chi connectivity index (χ0n) is 16.6. The van der Waals surface area contributed by atoms with E-state index >= 15 is 0 Å². The summed E-state index contributed by atoms with van der Waals surface area (Å²) in [4.78, 5) is 30.8. The number of aryl methyl sites for hydroxylation is 1. The Morgan fingerprint density at radius 2 is 1.97 bits per heavy atom. The molecule has 1 fully saturated rings. The molecule has 1 unspecified atom stereocenters. The second-order valence-corrected chi connectivity index (χ2v) is 8.00. The summed E-state index contributed by atoms with van der Waals surface area (Å²) in [5.74, 6) is -0.661. The number of fused-ring (bicyclic) bond motifs is 1. The van der Waals surface area contributed by atoms with Gasteiger partial charge in [-0.1, -0.05) is 48.0 Å². The summed E-state index contributed by atoms with van der Waals surface area (Å²) in [6.45, 7) is 4.40. The first-order chi connectivity index (χ1) is 13.9. The highest BCUT2D eigenvalue weighted by molar-refractivity contribution is 5.95. The zero-order valence-corrected chi connectivity index (χ0v) is 16.6. The number of aromatic nitrogens is 1. The van der Waals surface area contributed by atoms with Crippen LogP contribution in [-0.4, -0.2) is 39.5 Å². The highest BCUT2D eigenvalue weighted by Gasteiger charge is 2.47. The molecule has 4 rings (SSSR count). The molecule has 0 spiro atoms. The van der Waals surface area contributed by atoms with Gasteiger partial charge in [-0.3, -0.25) is 14.8 Å². The Hall–Kier alpha value is -3.12. The molecule has 1 aliphatic heterocycles. The van der Waals surface area contributed by atoms with Crippen LogP contribution in [0.15, 0.2) is 54.7 Å². The number of carbonyl (C=O) groups excluding carboxylic acids is 2. The fourth-order valence-corrected chi connectivity index (χ4v) is 4.28. The van der Waals surface area contributed by atoms with Crippen LogP contribution in [0.3, 0.4) is 0 Å². The molecule has 2 aromatic carbocycles. The number of benzene rings is 2.